The van der Waals surface area contributed by atoms with Crippen LogP contribution in [0, 0.1) is 13.8 Å². The van der Waals surface area contributed by atoms with Crippen LogP contribution in [0.3, 0.4) is 0 Å². The second kappa shape index (κ2) is 6.98. The molecular formula is C19H26N4O3. The highest BCUT2D eigenvalue weighted by Crippen LogP contribution is 2.23. The van der Waals surface area contributed by atoms with E-state index in [4.69, 9.17) is 14.5 Å². The van der Waals surface area contributed by atoms with E-state index in [-0.39, 0.29) is 24.2 Å². The van der Waals surface area contributed by atoms with Crippen molar-refractivity contribution in [2.75, 3.05) is 26.3 Å². The van der Waals surface area contributed by atoms with Gasteiger partial charge in [0.15, 0.2) is 0 Å². The van der Waals surface area contributed by atoms with Crippen LogP contribution in [0.15, 0.2) is 12.1 Å². The van der Waals surface area contributed by atoms with Crippen molar-refractivity contribution in [3.63, 3.8) is 0 Å². The maximum atomic E-state index is 11.2. The molecule has 26 heavy (non-hydrogen) atoms. The first-order chi connectivity index (χ1) is 12.5. The third-order valence-electron chi connectivity index (χ3n) is 5.32. The van der Waals surface area contributed by atoms with Gasteiger partial charge in [-0.05, 0) is 31.0 Å². The van der Waals surface area contributed by atoms with E-state index >= 15 is 0 Å². The minimum Gasteiger partial charge on any atom is -0.372 e. The Bertz CT molecular complexity index is 802. The van der Waals surface area contributed by atoms with Gasteiger partial charge in [0.1, 0.15) is 5.82 Å². The lowest BCUT2D eigenvalue weighted by atomic mass is 10.1. The molecule has 0 aliphatic carbocycles. The number of hydrogen-bond acceptors (Lipinski definition) is 5. The van der Waals surface area contributed by atoms with E-state index in [1.807, 2.05) is 0 Å². The minimum absolute atomic E-state index is 0.0436. The Labute approximate surface area is 153 Å². The van der Waals surface area contributed by atoms with E-state index in [1.54, 1.807) is 0 Å². The van der Waals surface area contributed by atoms with Crippen molar-refractivity contribution in [2.24, 2.45) is 0 Å². The Morgan fingerprint density at radius 3 is 2.62 bits per heavy atom. The fraction of sp³-hybridized carbons (Fsp3) is 0.579. The third kappa shape index (κ3) is 3.47. The van der Waals surface area contributed by atoms with Crippen LogP contribution in [0.1, 0.15) is 23.9 Å². The molecule has 2 saturated heterocycles. The number of likely N-dealkylation sites (tertiary alicyclic amines) is 1. The van der Waals surface area contributed by atoms with Gasteiger partial charge < -0.3 is 19.8 Å². The number of aromatic nitrogens is 2. The predicted octanol–water partition coefficient (Wildman–Crippen LogP) is 1.28. The standard InChI is InChI=1S/C19H26N4O3/c1-11-4-5-15-19(12(11)2)22-18(21-15)8-23-6-16-17(7-23)26-10-14(9-25-16)20-13(3)24/h4-5,14,16-17H,6-10H2,1-3H3,(H,20,24)(H,21,22)/t16-,17-/m0/s1. The van der Waals surface area contributed by atoms with Crippen molar-refractivity contribution in [2.45, 2.75) is 45.6 Å². The Hall–Kier alpha value is -1.96. The van der Waals surface area contributed by atoms with Gasteiger partial charge in [-0.25, -0.2) is 4.98 Å². The van der Waals surface area contributed by atoms with Crippen LogP contribution in [0.25, 0.3) is 11.0 Å². The lowest BCUT2D eigenvalue weighted by Gasteiger charge is -2.17. The molecule has 2 atom stereocenters. The lowest BCUT2D eigenvalue weighted by molar-refractivity contribution is -0.120. The molecule has 0 saturated carbocycles. The molecule has 2 aliphatic heterocycles. The Kier molecular flexibility index (Phi) is 4.69. The van der Waals surface area contributed by atoms with Gasteiger partial charge >= 0.3 is 0 Å². The van der Waals surface area contributed by atoms with E-state index < -0.39 is 0 Å². The number of imidazole rings is 1. The van der Waals surface area contributed by atoms with Gasteiger partial charge in [0.05, 0.1) is 49.0 Å². The maximum Gasteiger partial charge on any atom is 0.217 e. The first-order valence-corrected chi connectivity index (χ1v) is 9.17. The van der Waals surface area contributed by atoms with E-state index in [2.05, 4.69) is 41.2 Å². The first-order valence-electron chi connectivity index (χ1n) is 9.17. The number of rotatable bonds is 3. The van der Waals surface area contributed by atoms with Gasteiger partial charge in [-0.2, -0.15) is 0 Å². The summed E-state index contributed by atoms with van der Waals surface area (Å²) in [7, 11) is 0. The van der Waals surface area contributed by atoms with Crippen molar-refractivity contribution in [1.82, 2.24) is 20.2 Å². The third-order valence-corrected chi connectivity index (χ3v) is 5.32. The number of aryl methyl sites for hydroxylation is 2. The molecule has 3 heterocycles. The van der Waals surface area contributed by atoms with Crippen LogP contribution in [0.4, 0.5) is 0 Å². The van der Waals surface area contributed by atoms with E-state index in [9.17, 15) is 4.79 Å². The summed E-state index contributed by atoms with van der Waals surface area (Å²) < 4.78 is 12.0. The molecule has 0 unspecified atom stereocenters. The van der Waals surface area contributed by atoms with Crippen LogP contribution in [-0.2, 0) is 20.8 Å². The Balaban J connectivity index is 1.40. The number of nitrogens with one attached hydrogen (secondary N) is 2. The summed E-state index contributed by atoms with van der Waals surface area (Å²) in [5.41, 5.74) is 4.63. The number of H-pyrrole nitrogens is 1. The first kappa shape index (κ1) is 17.5. The molecule has 140 valence electrons. The van der Waals surface area contributed by atoms with Crippen LogP contribution in [0.5, 0.6) is 0 Å². The van der Waals surface area contributed by atoms with E-state index in [1.165, 1.54) is 18.1 Å². The zero-order chi connectivity index (χ0) is 18.3. The summed E-state index contributed by atoms with van der Waals surface area (Å²) in [4.78, 5) is 21.7. The van der Waals surface area contributed by atoms with Crippen molar-refractivity contribution in [3.05, 3.63) is 29.1 Å². The van der Waals surface area contributed by atoms with Gasteiger partial charge in [-0.3, -0.25) is 9.69 Å². The highest BCUT2D eigenvalue weighted by molar-refractivity contribution is 5.79. The summed E-state index contributed by atoms with van der Waals surface area (Å²) in [6, 6.07) is 4.16. The molecule has 7 nitrogen and oxygen atoms in total. The smallest absolute Gasteiger partial charge is 0.217 e. The molecule has 4 rings (SSSR count). The van der Waals surface area contributed by atoms with Crippen molar-refractivity contribution >= 4 is 16.9 Å². The fourth-order valence-electron chi connectivity index (χ4n) is 3.82. The van der Waals surface area contributed by atoms with Crippen LogP contribution in [-0.4, -0.2) is 65.3 Å². The maximum absolute atomic E-state index is 11.2. The summed E-state index contributed by atoms with van der Waals surface area (Å²) in [6.45, 7) is 9.12. The van der Waals surface area contributed by atoms with Crippen molar-refractivity contribution in [1.29, 1.82) is 0 Å². The van der Waals surface area contributed by atoms with Gasteiger partial charge in [0.2, 0.25) is 5.91 Å². The number of carbonyl (C=O) groups is 1. The highest BCUT2D eigenvalue weighted by Gasteiger charge is 2.37. The average molecular weight is 358 g/mol. The predicted molar refractivity (Wildman–Crippen MR) is 97.9 cm³/mol. The molecule has 2 aromatic rings. The number of benzene rings is 1. The molecule has 2 N–H and O–H groups in total. The van der Waals surface area contributed by atoms with E-state index in [0.717, 1.165) is 36.5 Å². The quantitative estimate of drug-likeness (QED) is 0.864. The molecule has 0 radical (unpaired) electrons. The molecule has 1 aromatic heterocycles. The van der Waals surface area contributed by atoms with Gasteiger partial charge in [0.25, 0.3) is 0 Å². The second-order valence-corrected chi connectivity index (χ2v) is 7.42. The van der Waals surface area contributed by atoms with Crippen LogP contribution in [0.2, 0.25) is 0 Å². The average Bonchev–Trinajstić information content (AvgIpc) is 3.13. The van der Waals surface area contributed by atoms with Crippen LogP contribution < -0.4 is 5.32 Å². The molecule has 0 bridgehead atoms. The molecule has 2 aliphatic rings. The largest absolute Gasteiger partial charge is 0.372 e. The Morgan fingerprint density at radius 2 is 1.96 bits per heavy atom. The number of carbonyl (C=O) groups excluding carboxylic acids is 1. The van der Waals surface area contributed by atoms with Gasteiger partial charge in [-0.1, -0.05) is 6.07 Å². The Morgan fingerprint density at radius 1 is 1.27 bits per heavy atom. The number of hydrogen-bond donors (Lipinski definition) is 2. The number of ether oxygens (including phenoxy) is 2. The molecule has 1 amide bonds. The second-order valence-electron chi connectivity index (χ2n) is 7.42. The lowest BCUT2D eigenvalue weighted by Crippen LogP contribution is -2.40. The molecule has 1 aromatic carbocycles. The molecule has 0 spiro atoms. The zero-order valence-corrected chi connectivity index (χ0v) is 15.5. The fourth-order valence-corrected chi connectivity index (χ4v) is 3.82. The van der Waals surface area contributed by atoms with Crippen molar-refractivity contribution < 1.29 is 14.3 Å². The highest BCUT2D eigenvalue weighted by atomic mass is 16.6. The number of amides is 1. The molecule has 7 heteroatoms. The summed E-state index contributed by atoms with van der Waals surface area (Å²) in [5.74, 6) is 0.924. The summed E-state index contributed by atoms with van der Waals surface area (Å²) >= 11 is 0. The summed E-state index contributed by atoms with van der Waals surface area (Å²) in [6.07, 6.45) is 0.0873. The number of nitrogens with zero attached hydrogens (tertiary/aromatic N) is 2. The number of aromatic amines is 1. The normalized spacial score (nSPS) is 24.6. The molecular weight excluding hydrogens is 332 g/mol. The van der Waals surface area contributed by atoms with Crippen molar-refractivity contribution in [3.8, 4) is 0 Å². The van der Waals surface area contributed by atoms with E-state index in [0.29, 0.717) is 13.2 Å². The zero-order valence-electron chi connectivity index (χ0n) is 15.5. The van der Waals surface area contributed by atoms with Crippen LogP contribution >= 0.6 is 0 Å². The number of fused-ring (bicyclic) bond motifs is 2. The monoisotopic (exact) mass is 358 g/mol. The topological polar surface area (TPSA) is 79.5 Å². The minimum atomic E-state index is -0.0619. The molecule has 2 fully saturated rings. The summed E-state index contributed by atoms with van der Waals surface area (Å²) in [5, 5.41) is 2.87. The SMILES string of the molecule is CC(=O)NC1CO[C@H]2CN(Cc3nc4c(C)c(C)ccc4[nH]3)C[C@@H]2OC1. The van der Waals surface area contributed by atoms with Gasteiger partial charge in [0, 0.05) is 20.0 Å². The van der Waals surface area contributed by atoms with Gasteiger partial charge in [-0.15, -0.1) is 0 Å².